The molecule has 5 heteroatoms. The molecule has 1 N–H and O–H groups in total. The van der Waals surface area contributed by atoms with Crippen LogP contribution in [0.5, 0.6) is 0 Å². The second-order valence-electron chi connectivity index (χ2n) is 3.88. The Balaban J connectivity index is 1.85. The van der Waals surface area contributed by atoms with Crippen LogP contribution in [0.2, 0.25) is 0 Å². The number of fused-ring (bicyclic) bond motifs is 1. The minimum absolute atomic E-state index is 0.722. The van der Waals surface area contributed by atoms with Gasteiger partial charge in [0.2, 0.25) is 0 Å². The smallest absolute Gasteiger partial charge is 0.152 e. The Hall–Kier alpha value is -1.88. The lowest BCUT2D eigenvalue weighted by Crippen LogP contribution is -2.03. The number of rotatable bonds is 3. The largest absolute Gasteiger partial charge is 0.364 e. The zero-order valence-electron chi connectivity index (χ0n) is 9.55. The van der Waals surface area contributed by atoms with Gasteiger partial charge in [0.15, 0.2) is 5.82 Å². The second-order valence-corrected chi connectivity index (χ2v) is 4.74. The Morgan fingerprint density at radius 3 is 2.94 bits per heavy atom. The molecule has 0 saturated carbocycles. The van der Waals surface area contributed by atoms with Crippen molar-refractivity contribution in [2.24, 2.45) is 0 Å². The number of hydrogen-bond acceptors (Lipinski definition) is 3. The lowest BCUT2D eigenvalue weighted by atomic mass is 10.2. The van der Waals surface area contributed by atoms with E-state index in [0.717, 1.165) is 22.4 Å². The first-order chi connectivity index (χ1) is 8.84. The average Bonchev–Trinajstić information content (AvgIpc) is 2.86. The number of nitrogens with zero attached hydrogens (tertiary/aromatic N) is 3. The maximum Gasteiger partial charge on any atom is 0.152 e. The third kappa shape index (κ3) is 2.09. The van der Waals surface area contributed by atoms with Gasteiger partial charge in [-0.3, -0.25) is 0 Å². The second kappa shape index (κ2) is 4.78. The monoisotopic (exact) mass is 302 g/mol. The van der Waals surface area contributed by atoms with Crippen LogP contribution < -0.4 is 5.32 Å². The van der Waals surface area contributed by atoms with E-state index in [1.807, 2.05) is 30.5 Å². The maximum atomic E-state index is 4.34. The predicted molar refractivity (Wildman–Crippen MR) is 74.5 cm³/mol. The van der Waals surface area contributed by atoms with Crippen LogP contribution in [0.15, 0.2) is 53.4 Å². The van der Waals surface area contributed by atoms with Crippen molar-refractivity contribution in [1.82, 2.24) is 14.6 Å². The standard InChI is InChI=1S/C13H11BrN4/c14-11-4-2-1-3-10(11)9-16-13-12-5-6-17-18(12)8-7-15-13/h1-8H,9H2,(H,15,16). The number of anilines is 1. The summed E-state index contributed by atoms with van der Waals surface area (Å²) in [5, 5.41) is 7.51. The van der Waals surface area contributed by atoms with Crippen molar-refractivity contribution in [2.45, 2.75) is 6.54 Å². The first kappa shape index (κ1) is 11.2. The lowest BCUT2D eigenvalue weighted by Gasteiger charge is -2.08. The number of nitrogens with one attached hydrogen (secondary N) is 1. The van der Waals surface area contributed by atoms with E-state index in [1.165, 1.54) is 5.56 Å². The van der Waals surface area contributed by atoms with Crippen LogP contribution in [-0.4, -0.2) is 14.6 Å². The first-order valence-corrected chi connectivity index (χ1v) is 6.39. The molecule has 0 bridgehead atoms. The molecule has 0 aliphatic rings. The van der Waals surface area contributed by atoms with E-state index in [1.54, 1.807) is 16.9 Å². The number of aromatic nitrogens is 3. The molecule has 2 aromatic heterocycles. The number of benzene rings is 1. The van der Waals surface area contributed by atoms with Crippen molar-refractivity contribution >= 4 is 27.3 Å². The van der Waals surface area contributed by atoms with Crippen LogP contribution in [0.4, 0.5) is 5.82 Å². The molecule has 90 valence electrons. The zero-order valence-corrected chi connectivity index (χ0v) is 11.1. The van der Waals surface area contributed by atoms with Crippen LogP contribution >= 0.6 is 15.9 Å². The van der Waals surface area contributed by atoms with Gasteiger partial charge < -0.3 is 5.32 Å². The van der Waals surface area contributed by atoms with Gasteiger partial charge in [0.1, 0.15) is 5.52 Å². The van der Waals surface area contributed by atoms with Crippen molar-refractivity contribution in [2.75, 3.05) is 5.32 Å². The molecular weight excluding hydrogens is 292 g/mol. The van der Waals surface area contributed by atoms with Gasteiger partial charge in [-0.1, -0.05) is 34.1 Å². The summed E-state index contributed by atoms with van der Waals surface area (Å²) in [4.78, 5) is 4.34. The highest BCUT2D eigenvalue weighted by Crippen LogP contribution is 2.18. The zero-order chi connectivity index (χ0) is 12.4. The molecule has 1 aromatic carbocycles. The van der Waals surface area contributed by atoms with Gasteiger partial charge in [-0.15, -0.1) is 0 Å². The minimum atomic E-state index is 0.722. The molecule has 18 heavy (non-hydrogen) atoms. The van der Waals surface area contributed by atoms with E-state index in [4.69, 9.17) is 0 Å². The molecule has 3 aromatic rings. The normalized spacial score (nSPS) is 10.7. The quantitative estimate of drug-likeness (QED) is 0.808. The maximum absolute atomic E-state index is 4.34. The topological polar surface area (TPSA) is 42.2 Å². The lowest BCUT2D eigenvalue weighted by molar-refractivity contribution is 0.942. The summed E-state index contributed by atoms with van der Waals surface area (Å²) in [7, 11) is 0. The van der Waals surface area contributed by atoms with Crippen LogP contribution in [0.25, 0.3) is 5.52 Å². The van der Waals surface area contributed by atoms with E-state index in [9.17, 15) is 0 Å². The molecule has 2 heterocycles. The molecule has 0 saturated heterocycles. The molecule has 0 unspecified atom stereocenters. The summed E-state index contributed by atoms with van der Waals surface area (Å²) in [6.07, 6.45) is 5.34. The summed E-state index contributed by atoms with van der Waals surface area (Å²) in [6.45, 7) is 0.722. The van der Waals surface area contributed by atoms with Gasteiger partial charge in [-0.25, -0.2) is 9.50 Å². The summed E-state index contributed by atoms with van der Waals surface area (Å²) in [6, 6.07) is 10.1. The van der Waals surface area contributed by atoms with E-state index in [2.05, 4.69) is 37.4 Å². The van der Waals surface area contributed by atoms with Crippen molar-refractivity contribution < 1.29 is 0 Å². The van der Waals surface area contributed by atoms with E-state index in [0.29, 0.717) is 0 Å². The molecule has 0 atom stereocenters. The highest BCUT2D eigenvalue weighted by molar-refractivity contribution is 9.10. The van der Waals surface area contributed by atoms with Crippen molar-refractivity contribution in [3.63, 3.8) is 0 Å². The molecular formula is C13H11BrN4. The molecule has 0 aliphatic heterocycles. The Labute approximate surface area is 113 Å². The highest BCUT2D eigenvalue weighted by atomic mass is 79.9. The fraction of sp³-hybridized carbons (Fsp3) is 0.0769. The van der Waals surface area contributed by atoms with Crippen molar-refractivity contribution in [3.8, 4) is 0 Å². The van der Waals surface area contributed by atoms with Gasteiger partial charge >= 0.3 is 0 Å². The summed E-state index contributed by atoms with van der Waals surface area (Å²) >= 11 is 3.53. The van der Waals surface area contributed by atoms with E-state index in [-0.39, 0.29) is 0 Å². The summed E-state index contributed by atoms with van der Waals surface area (Å²) in [5.41, 5.74) is 2.17. The summed E-state index contributed by atoms with van der Waals surface area (Å²) in [5.74, 6) is 0.839. The van der Waals surface area contributed by atoms with E-state index >= 15 is 0 Å². The Morgan fingerprint density at radius 1 is 1.17 bits per heavy atom. The average molecular weight is 303 g/mol. The molecule has 0 fully saturated rings. The Kier molecular flexibility index (Phi) is 2.98. The molecule has 4 nitrogen and oxygen atoms in total. The molecule has 0 amide bonds. The van der Waals surface area contributed by atoms with Crippen LogP contribution in [0.1, 0.15) is 5.56 Å². The van der Waals surface area contributed by atoms with Gasteiger partial charge in [-0.05, 0) is 17.7 Å². The van der Waals surface area contributed by atoms with Crippen molar-refractivity contribution in [3.05, 3.63) is 59.0 Å². The Bertz CT molecular complexity index is 677. The van der Waals surface area contributed by atoms with Crippen LogP contribution in [0, 0.1) is 0 Å². The molecule has 0 aliphatic carbocycles. The van der Waals surface area contributed by atoms with Gasteiger partial charge in [0.25, 0.3) is 0 Å². The predicted octanol–water partition coefficient (Wildman–Crippen LogP) is 3.10. The van der Waals surface area contributed by atoms with Crippen molar-refractivity contribution in [1.29, 1.82) is 0 Å². The van der Waals surface area contributed by atoms with Crippen LogP contribution in [0.3, 0.4) is 0 Å². The van der Waals surface area contributed by atoms with Crippen LogP contribution in [-0.2, 0) is 6.54 Å². The SMILES string of the molecule is Brc1ccccc1CNc1nccn2nccc12. The fourth-order valence-corrected chi connectivity index (χ4v) is 2.24. The van der Waals surface area contributed by atoms with Gasteiger partial charge in [0, 0.05) is 23.4 Å². The molecule has 3 rings (SSSR count). The number of halogens is 1. The van der Waals surface area contributed by atoms with E-state index < -0.39 is 0 Å². The Morgan fingerprint density at radius 2 is 2.06 bits per heavy atom. The molecule has 0 spiro atoms. The fourth-order valence-electron chi connectivity index (χ4n) is 1.81. The third-order valence-electron chi connectivity index (χ3n) is 2.73. The summed E-state index contributed by atoms with van der Waals surface area (Å²) < 4.78 is 2.90. The minimum Gasteiger partial charge on any atom is -0.364 e. The van der Waals surface area contributed by atoms with Gasteiger partial charge in [-0.2, -0.15) is 5.10 Å². The first-order valence-electron chi connectivity index (χ1n) is 5.60. The third-order valence-corrected chi connectivity index (χ3v) is 3.50. The van der Waals surface area contributed by atoms with Gasteiger partial charge in [0.05, 0.1) is 6.20 Å². The number of hydrogen-bond donors (Lipinski definition) is 1. The highest BCUT2D eigenvalue weighted by Gasteiger charge is 2.03. The molecule has 0 radical (unpaired) electrons.